The first-order chi connectivity index (χ1) is 10.2. The molecular weight excluding hydrogens is 302 g/mol. The predicted molar refractivity (Wildman–Crippen MR) is 91.6 cm³/mol. The molecule has 0 heterocycles. The van der Waals surface area contributed by atoms with E-state index in [-0.39, 0.29) is 0 Å². The zero-order chi connectivity index (χ0) is 15.1. The number of hydrogen-bond acceptors (Lipinski definition) is 3. The second-order valence-corrected chi connectivity index (χ2v) is 6.36. The van der Waals surface area contributed by atoms with Gasteiger partial charge in [0.2, 0.25) is 0 Å². The molecule has 0 fully saturated rings. The quantitative estimate of drug-likeness (QED) is 0.585. The Bertz CT molecular complexity index is 576. The molecule has 2 aromatic rings. The van der Waals surface area contributed by atoms with Crippen LogP contribution in [0.25, 0.3) is 0 Å². The minimum Gasteiger partial charge on any atom is -0.497 e. The van der Waals surface area contributed by atoms with Gasteiger partial charge < -0.3 is 10.1 Å². The van der Waals surface area contributed by atoms with Gasteiger partial charge in [0.25, 0.3) is 0 Å². The Labute approximate surface area is 135 Å². The van der Waals surface area contributed by atoms with Gasteiger partial charge in [0.15, 0.2) is 0 Å². The maximum absolute atomic E-state index is 5.98. The van der Waals surface area contributed by atoms with E-state index in [1.54, 1.807) is 7.11 Å². The zero-order valence-corrected chi connectivity index (χ0v) is 13.9. The number of benzene rings is 2. The van der Waals surface area contributed by atoms with Crippen molar-refractivity contribution in [1.29, 1.82) is 0 Å². The van der Waals surface area contributed by atoms with E-state index < -0.39 is 0 Å². The van der Waals surface area contributed by atoms with Crippen LogP contribution in [-0.2, 0) is 0 Å². The number of thioether (sulfide) groups is 1. The fraction of sp³-hybridized carbons (Fsp3) is 0.294. The van der Waals surface area contributed by atoms with Gasteiger partial charge in [-0.15, -0.1) is 11.8 Å². The van der Waals surface area contributed by atoms with Gasteiger partial charge in [-0.3, -0.25) is 0 Å². The van der Waals surface area contributed by atoms with Gasteiger partial charge in [-0.25, -0.2) is 0 Å². The molecule has 112 valence electrons. The molecule has 0 saturated carbocycles. The Kier molecular flexibility index (Phi) is 6.43. The SMILES string of the molecule is COc1cccc(C(C)NCCSc2cccc(Cl)c2)c1. The second kappa shape index (κ2) is 8.32. The smallest absolute Gasteiger partial charge is 0.119 e. The molecule has 21 heavy (non-hydrogen) atoms. The lowest BCUT2D eigenvalue weighted by atomic mass is 10.1. The van der Waals surface area contributed by atoms with Crippen LogP contribution in [0.5, 0.6) is 5.75 Å². The highest BCUT2D eigenvalue weighted by Crippen LogP contribution is 2.22. The largest absolute Gasteiger partial charge is 0.497 e. The van der Waals surface area contributed by atoms with Crippen LogP contribution in [0.3, 0.4) is 0 Å². The highest BCUT2D eigenvalue weighted by Gasteiger charge is 2.05. The van der Waals surface area contributed by atoms with Gasteiger partial charge >= 0.3 is 0 Å². The Morgan fingerprint density at radius 2 is 2.00 bits per heavy atom. The Balaban J connectivity index is 1.77. The van der Waals surface area contributed by atoms with E-state index in [2.05, 4.69) is 30.4 Å². The molecule has 2 aromatic carbocycles. The Morgan fingerprint density at radius 3 is 2.76 bits per heavy atom. The van der Waals surface area contributed by atoms with Crippen LogP contribution in [0, 0.1) is 0 Å². The third-order valence-corrected chi connectivity index (χ3v) is 4.44. The van der Waals surface area contributed by atoms with Gasteiger partial charge in [-0.05, 0) is 42.8 Å². The summed E-state index contributed by atoms with van der Waals surface area (Å²) in [5.41, 5.74) is 1.24. The number of methoxy groups -OCH3 is 1. The number of nitrogens with one attached hydrogen (secondary N) is 1. The number of ether oxygens (including phenoxy) is 1. The van der Waals surface area contributed by atoms with Crippen LogP contribution in [0.4, 0.5) is 0 Å². The summed E-state index contributed by atoms with van der Waals surface area (Å²) < 4.78 is 5.26. The minimum atomic E-state index is 0.306. The van der Waals surface area contributed by atoms with Crippen LogP contribution in [-0.4, -0.2) is 19.4 Å². The van der Waals surface area contributed by atoms with E-state index in [0.29, 0.717) is 6.04 Å². The number of rotatable bonds is 7. The average molecular weight is 322 g/mol. The van der Waals surface area contributed by atoms with Gasteiger partial charge in [-0.1, -0.05) is 29.8 Å². The standard InChI is InChI=1S/C17H20ClNOS/c1-13(14-5-3-7-16(11-14)20-2)19-9-10-21-17-8-4-6-15(18)12-17/h3-8,11-13,19H,9-10H2,1-2H3. The number of hydrogen-bond donors (Lipinski definition) is 1. The van der Waals surface area contributed by atoms with Crippen molar-refractivity contribution >= 4 is 23.4 Å². The second-order valence-electron chi connectivity index (χ2n) is 4.76. The molecule has 0 aliphatic carbocycles. The summed E-state index contributed by atoms with van der Waals surface area (Å²) in [6, 6.07) is 16.4. The normalized spacial score (nSPS) is 12.1. The van der Waals surface area contributed by atoms with Crippen molar-refractivity contribution in [1.82, 2.24) is 5.32 Å². The van der Waals surface area contributed by atoms with E-state index >= 15 is 0 Å². The lowest BCUT2D eigenvalue weighted by Crippen LogP contribution is -2.21. The molecule has 0 aliphatic rings. The van der Waals surface area contributed by atoms with E-state index in [1.165, 1.54) is 10.5 Å². The number of halogens is 1. The maximum Gasteiger partial charge on any atom is 0.119 e. The zero-order valence-electron chi connectivity index (χ0n) is 12.3. The summed E-state index contributed by atoms with van der Waals surface area (Å²) >= 11 is 7.78. The first-order valence-corrected chi connectivity index (χ1v) is 8.31. The minimum absolute atomic E-state index is 0.306. The topological polar surface area (TPSA) is 21.3 Å². The molecule has 1 atom stereocenters. The van der Waals surface area contributed by atoms with Gasteiger partial charge in [0, 0.05) is 28.3 Å². The first-order valence-electron chi connectivity index (χ1n) is 6.95. The molecule has 2 nitrogen and oxygen atoms in total. The first kappa shape index (κ1) is 16.2. The third kappa shape index (κ3) is 5.27. The van der Waals surface area contributed by atoms with E-state index in [4.69, 9.17) is 16.3 Å². The van der Waals surface area contributed by atoms with Crippen molar-refractivity contribution in [2.24, 2.45) is 0 Å². The van der Waals surface area contributed by atoms with Crippen LogP contribution in [0.2, 0.25) is 5.02 Å². The van der Waals surface area contributed by atoms with E-state index in [1.807, 2.05) is 42.1 Å². The fourth-order valence-corrected chi connectivity index (χ4v) is 3.13. The lowest BCUT2D eigenvalue weighted by Gasteiger charge is -2.15. The molecule has 1 unspecified atom stereocenters. The van der Waals surface area contributed by atoms with Crippen molar-refractivity contribution < 1.29 is 4.74 Å². The van der Waals surface area contributed by atoms with E-state index in [0.717, 1.165) is 23.1 Å². The molecule has 0 amide bonds. The fourth-order valence-electron chi connectivity index (χ4n) is 2.03. The third-order valence-electron chi connectivity index (χ3n) is 3.21. The summed E-state index contributed by atoms with van der Waals surface area (Å²) in [6.07, 6.45) is 0. The molecule has 0 saturated heterocycles. The van der Waals surface area contributed by atoms with Crippen molar-refractivity contribution in [2.45, 2.75) is 17.9 Å². The molecule has 1 N–H and O–H groups in total. The summed E-state index contributed by atoms with van der Waals surface area (Å²) in [5, 5.41) is 4.32. The molecule has 0 spiro atoms. The summed E-state index contributed by atoms with van der Waals surface area (Å²) in [6.45, 7) is 3.11. The molecular formula is C17H20ClNOS. The van der Waals surface area contributed by atoms with Gasteiger partial charge in [0.05, 0.1) is 7.11 Å². The van der Waals surface area contributed by atoms with E-state index in [9.17, 15) is 0 Å². The van der Waals surface area contributed by atoms with Gasteiger partial charge in [0.1, 0.15) is 5.75 Å². The van der Waals surface area contributed by atoms with Crippen molar-refractivity contribution in [2.75, 3.05) is 19.4 Å². The Morgan fingerprint density at radius 1 is 1.19 bits per heavy atom. The van der Waals surface area contributed by atoms with Gasteiger partial charge in [-0.2, -0.15) is 0 Å². The highest BCUT2D eigenvalue weighted by atomic mass is 35.5. The molecule has 0 aliphatic heterocycles. The average Bonchev–Trinajstić information content (AvgIpc) is 2.51. The van der Waals surface area contributed by atoms with Crippen molar-refractivity contribution in [3.05, 3.63) is 59.1 Å². The maximum atomic E-state index is 5.98. The molecule has 4 heteroatoms. The molecule has 2 rings (SSSR count). The molecule has 0 bridgehead atoms. The predicted octanol–water partition coefficient (Wildman–Crippen LogP) is 4.79. The van der Waals surface area contributed by atoms with Crippen molar-refractivity contribution in [3.63, 3.8) is 0 Å². The van der Waals surface area contributed by atoms with Crippen molar-refractivity contribution in [3.8, 4) is 5.75 Å². The van der Waals surface area contributed by atoms with Crippen LogP contribution >= 0.6 is 23.4 Å². The monoisotopic (exact) mass is 321 g/mol. The molecule has 0 aromatic heterocycles. The van der Waals surface area contributed by atoms with Crippen LogP contribution < -0.4 is 10.1 Å². The summed E-state index contributed by atoms with van der Waals surface area (Å²) in [7, 11) is 1.69. The van der Waals surface area contributed by atoms with Crippen LogP contribution in [0.1, 0.15) is 18.5 Å². The summed E-state index contributed by atoms with van der Waals surface area (Å²) in [4.78, 5) is 1.21. The van der Waals surface area contributed by atoms with Crippen LogP contribution in [0.15, 0.2) is 53.4 Å². The highest BCUT2D eigenvalue weighted by molar-refractivity contribution is 7.99. The Hall–Kier alpha value is -1.16. The summed E-state index contributed by atoms with van der Waals surface area (Å²) in [5.74, 6) is 1.91. The lowest BCUT2D eigenvalue weighted by molar-refractivity contribution is 0.413. The molecule has 0 radical (unpaired) electrons.